The molecule has 3 heterocycles. The highest BCUT2D eigenvalue weighted by molar-refractivity contribution is 7.08. The highest BCUT2D eigenvalue weighted by Gasteiger charge is 2.27. The fourth-order valence-electron chi connectivity index (χ4n) is 2.84. The molecule has 0 aromatic carbocycles. The zero-order valence-electron chi connectivity index (χ0n) is 12.1. The zero-order valence-corrected chi connectivity index (χ0v) is 13.8. The molecule has 6 heteroatoms. The Balaban J connectivity index is 1.63. The van der Waals surface area contributed by atoms with Crippen molar-refractivity contribution in [2.45, 2.75) is 38.5 Å². The van der Waals surface area contributed by atoms with Gasteiger partial charge in [0, 0.05) is 13.1 Å². The van der Waals surface area contributed by atoms with Gasteiger partial charge in [0.2, 0.25) is 0 Å². The predicted molar refractivity (Wildman–Crippen MR) is 86.1 cm³/mol. The van der Waals surface area contributed by atoms with Crippen molar-refractivity contribution in [2.24, 2.45) is 0 Å². The van der Waals surface area contributed by atoms with Crippen LogP contribution in [0.5, 0.6) is 0 Å². The average Bonchev–Trinajstić information content (AvgIpc) is 3.19. The van der Waals surface area contributed by atoms with Gasteiger partial charge < -0.3 is 4.90 Å². The maximum Gasteiger partial charge on any atom is 0.267 e. The van der Waals surface area contributed by atoms with Crippen molar-refractivity contribution in [3.8, 4) is 0 Å². The quantitative estimate of drug-likeness (QED) is 0.865. The number of hydrogen-bond donors (Lipinski definition) is 0. The number of aryl methyl sites for hydroxylation is 1. The minimum Gasteiger partial charge on any atom is -0.338 e. The van der Waals surface area contributed by atoms with E-state index in [1.165, 1.54) is 17.1 Å². The molecule has 1 fully saturated rings. The van der Waals surface area contributed by atoms with Gasteiger partial charge in [-0.25, -0.2) is 0 Å². The Morgan fingerprint density at radius 1 is 1.43 bits per heavy atom. The Hall–Kier alpha value is -1.27. The van der Waals surface area contributed by atoms with E-state index in [0.717, 1.165) is 49.3 Å². The van der Waals surface area contributed by atoms with Crippen LogP contribution in [0.1, 0.15) is 53.0 Å². The van der Waals surface area contributed by atoms with Crippen LogP contribution in [-0.4, -0.2) is 33.5 Å². The summed E-state index contributed by atoms with van der Waals surface area (Å²) in [7, 11) is 0. The minimum atomic E-state index is 0.122. The first-order chi connectivity index (χ1) is 10.3. The molecule has 1 amide bonds. The molecular weight excluding hydrogens is 302 g/mol. The van der Waals surface area contributed by atoms with E-state index in [1.54, 1.807) is 11.3 Å². The zero-order chi connectivity index (χ0) is 14.7. The van der Waals surface area contributed by atoms with Gasteiger partial charge in [-0.1, -0.05) is 17.8 Å². The highest BCUT2D eigenvalue weighted by atomic mass is 32.1. The average molecular weight is 321 g/mol. The SMILES string of the molecule is CCCc1nnsc1C(=O)N1CCC(c2ccsc2)CC1. The van der Waals surface area contributed by atoms with Crippen molar-refractivity contribution in [3.05, 3.63) is 33.0 Å². The van der Waals surface area contributed by atoms with Crippen molar-refractivity contribution >= 4 is 28.8 Å². The second-order valence-electron chi connectivity index (χ2n) is 5.42. The third kappa shape index (κ3) is 3.16. The van der Waals surface area contributed by atoms with E-state index in [2.05, 4.69) is 33.3 Å². The molecule has 3 rings (SSSR count). The lowest BCUT2D eigenvalue weighted by atomic mass is 9.91. The van der Waals surface area contributed by atoms with Crippen molar-refractivity contribution in [3.63, 3.8) is 0 Å². The third-order valence-corrected chi connectivity index (χ3v) is 5.49. The van der Waals surface area contributed by atoms with Crippen molar-refractivity contribution in [1.29, 1.82) is 0 Å². The van der Waals surface area contributed by atoms with E-state index in [-0.39, 0.29) is 5.91 Å². The minimum absolute atomic E-state index is 0.122. The van der Waals surface area contributed by atoms with Crippen LogP contribution in [-0.2, 0) is 6.42 Å². The number of carbonyl (C=O) groups is 1. The Bertz CT molecular complexity index is 586. The summed E-state index contributed by atoms with van der Waals surface area (Å²) in [5.41, 5.74) is 2.30. The molecule has 2 aromatic heterocycles. The molecule has 1 saturated heterocycles. The number of amides is 1. The number of piperidine rings is 1. The van der Waals surface area contributed by atoms with Crippen molar-refractivity contribution in [2.75, 3.05) is 13.1 Å². The largest absolute Gasteiger partial charge is 0.338 e. The maximum atomic E-state index is 12.6. The lowest BCUT2D eigenvalue weighted by Gasteiger charge is -2.31. The molecule has 2 aromatic rings. The first-order valence-electron chi connectivity index (χ1n) is 7.42. The second-order valence-corrected chi connectivity index (χ2v) is 6.96. The summed E-state index contributed by atoms with van der Waals surface area (Å²) in [6.07, 6.45) is 3.94. The van der Waals surface area contributed by atoms with E-state index in [0.29, 0.717) is 5.92 Å². The van der Waals surface area contributed by atoms with Gasteiger partial charge in [0.05, 0.1) is 5.69 Å². The summed E-state index contributed by atoms with van der Waals surface area (Å²) in [6, 6.07) is 2.21. The lowest BCUT2D eigenvalue weighted by molar-refractivity contribution is 0.0716. The van der Waals surface area contributed by atoms with Crippen LogP contribution >= 0.6 is 22.9 Å². The molecule has 0 atom stereocenters. The fraction of sp³-hybridized carbons (Fsp3) is 0.533. The monoisotopic (exact) mass is 321 g/mol. The van der Waals surface area contributed by atoms with Gasteiger partial charge >= 0.3 is 0 Å². The molecule has 0 N–H and O–H groups in total. The normalized spacial score (nSPS) is 16.3. The maximum absolute atomic E-state index is 12.6. The highest BCUT2D eigenvalue weighted by Crippen LogP contribution is 2.30. The molecule has 0 spiro atoms. The van der Waals surface area contributed by atoms with E-state index < -0.39 is 0 Å². The number of likely N-dealkylation sites (tertiary alicyclic amines) is 1. The molecule has 21 heavy (non-hydrogen) atoms. The van der Waals surface area contributed by atoms with Crippen LogP contribution < -0.4 is 0 Å². The fourth-order valence-corrected chi connectivity index (χ4v) is 4.26. The van der Waals surface area contributed by atoms with Crippen LogP contribution in [0.15, 0.2) is 16.8 Å². The van der Waals surface area contributed by atoms with Crippen molar-refractivity contribution in [1.82, 2.24) is 14.5 Å². The number of aromatic nitrogens is 2. The number of rotatable bonds is 4. The lowest BCUT2D eigenvalue weighted by Crippen LogP contribution is -2.37. The van der Waals surface area contributed by atoms with Crippen LogP contribution in [0.25, 0.3) is 0 Å². The summed E-state index contributed by atoms with van der Waals surface area (Å²) in [4.78, 5) is 15.3. The Morgan fingerprint density at radius 2 is 2.24 bits per heavy atom. The van der Waals surface area contributed by atoms with Crippen LogP contribution in [0.2, 0.25) is 0 Å². The molecular formula is C15H19N3OS2. The molecule has 1 aliphatic heterocycles. The number of nitrogens with zero attached hydrogens (tertiary/aromatic N) is 3. The van der Waals surface area contributed by atoms with E-state index in [4.69, 9.17) is 0 Å². The first-order valence-corrected chi connectivity index (χ1v) is 9.13. The first kappa shape index (κ1) is 14.7. The Morgan fingerprint density at radius 3 is 2.90 bits per heavy atom. The summed E-state index contributed by atoms with van der Waals surface area (Å²) < 4.78 is 3.96. The number of hydrogen-bond acceptors (Lipinski definition) is 5. The van der Waals surface area contributed by atoms with Gasteiger partial charge in [-0.05, 0) is 59.1 Å². The molecule has 0 unspecified atom stereocenters. The molecule has 0 saturated carbocycles. The molecule has 0 radical (unpaired) electrons. The third-order valence-electron chi connectivity index (χ3n) is 4.03. The van der Waals surface area contributed by atoms with Gasteiger partial charge in [0.15, 0.2) is 0 Å². The summed E-state index contributed by atoms with van der Waals surface area (Å²) in [6.45, 7) is 3.77. The Labute approximate surface area is 133 Å². The van der Waals surface area contributed by atoms with E-state index in [1.807, 2.05) is 4.90 Å². The Kier molecular flexibility index (Phi) is 4.65. The van der Waals surface area contributed by atoms with Crippen LogP contribution in [0.3, 0.4) is 0 Å². The molecule has 4 nitrogen and oxygen atoms in total. The van der Waals surface area contributed by atoms with Gasteiger partial charge in [-0.3, -0.25) is 4.79 Å². The smallest absolute Gasteiger partial charge is 0.267 e. The molecule has 0 aliphatic carbocycles. The predicted octanol–water partition coefficient (Wildman–Crippen LogP) is 3.57. The summed E-state index contributed by atoms with van der Waals surface area (Å²) in [5, 5.41) is 8.46. The standard InChI is InChI=1S/C15H19N3OS2/c1-2-3-13-14(21-17-16-13)15(19)18-7-4-11(5-8-18)12-6-9-20-10-12/h6,9-11H,2-5,7-8H2,1H3. The van der Waals surface area contributed by atoms with Gasteiger partial charge in [0.25, 0.3) is 5.91 Å². The molecule has 112 valence electrons. The second kappa shape index (κ2) is 6.66. The van der Waals surface area contributed by atoms with Gasteiger partial charge in [-0.15, -0.1) is 5.10 Å². The summed E-state index contributed by atoms with van der Waals surface area (Å²) in [5.74, 6) is 0.729. The van der Waals surface area contributed by atoms with E-state index >= 15 is 0 Å². The van der Waals surface area contributed by atoms with Crippen LogP contribution in [0.4, 0.5) is 0 Å². The van der Waals surface area contributed by atoms with Gasteiger partial charge in [0.1, 0.15) is 4.88 Å². The van der Waals surface area contributed by atoms with Gasteiger partial charge in [-0.2, -0.15) is 11.3 Å². The summed E-state index contributed by atoms with van der Waals surface area (Å²) >= 11 is 2.99. The van der Waals surface area contributed by atoms with Crippen molar-refractivity contribution < 1.29 is 4.79 Å². The molecule has 1 aliphatic rings. The molecule has 0 bridgehead atoms. The number of thiophene rings is 1. The topological polar surface area (TPSA) is 46.1 Å². The van der Waals surface area contributed by atoms with E-state index in [9.17, 15) is 4.79 Å². The van der Waals surface area contributed by atoms with Crippen LogP contribution in [0, 0.1) is 0 Å². The number of carbonyl (C=O) groups excluding carboxylic acids is 1.